The number of nitrogens with one attached hydrogen (secondary N) is 1. The maximum Gasteiger partial charge on any atom is 0.132 e. The maximum atomic E-state index is 4.34. The van der Waals surface area contributed by atoms with Crippen LogP contribution >= 0.6 is 11.8 Å². The summed E-state index contributed by atoms with van der Waals surface area (Å²) in [4.78, 5) is 8.67. The lowest BCUT2D eigenvalue weighted by Gasteiger charge is -2.11. The van der Waals surface area contributed by atoms with Crippen molar-refractivity contribution in [3.05, 3.63) is 17.6 Å². The fraction of sp³-hybridized carbons (Fsp3) is 0.667. The second-order valence-electron chi connectivity index (χ2n) is 4.26. The zero-order valence-electron chi connectivity index (χ0n) is 9.99. The van der Waals surface area contributed by atoms with Crippen LogP contribution in [0.1, 0.15) is 31.0 Å². The van der Waals surface area contributed by atoms with Crippen molar-refractivity contribution in [3.63, 3.8) is 0 Å². The Balaban J connectivity index is 1.92. The number of hydrogen-bond acceptors (Lipinski definition) is 4. The van der Waals surface area contributed by atoms with Crippen molar-refractivity contribution in [2.75, 3.05) is 18.1 Å². The number of hydrogen-bond donors (Lipinski definition) is 1. The summed E-state index contributed by atoms with van der Waals surface area (Å²) in [7, 11) is 0. The second kappa shape index (κ2) is 5.53. The van der Waals surface area contributed by atoms with Crippen LogP contribution in [-0.4, -0.2) is 28.0 Å². The number of rotatable bonds is 5. The van der Waals surface area contributed by atoms with Crippen molar-refractivity contribution in [1.29, 1.82) is 0 Å². The van der Waals surface area contributed by atoms with Gasteiger partial charge in [-0.1, -0.05) is 6.92 Å². The molecule has 0 aliphatic heterocycles. The number of nitrogens with zero attached hydrogens (tertiary/aromatic N) is 2. The number of aryl methyl sites for hydroxylation is 1. The highest BCUT2D eigenvalue weighted by atomic mass is 32.2. The Kier molecular flexibility index (Phi) is 4.04. The van der Waals surface area contributed by atoms with Gasteiger partial charge in [-0.25, -0.2) is 9.97 Å². The molecule has 0 saturated carbocycles. The molecule has 1 aromatic rings. The number of fused-ring (bicyclic) bond motifs is 1. The molecule has 1 aliphatic rings. The quantitative estimate of drug-likeness (QED) is 0.854. The molecule has 1 aromatic heterocycles. The van der Waals surface area contributed by atoms with Crippen LogP contribution in [0.25, 0.3) is 0 Å². The first-order valence-corrected chi connectivity index (χ1v) is 7.19. The summed E-state index contributed by atoms with van der Waals surface area (Å²) < 4.78 is 0. The minimum atomic E-state index is 0.711. The summed E-state index contributed by atoms with van der Waals surface area (Å²) in [6.45, 7) is 3.27. The highest BCUT2D eigenvalue weighted by Crippen LogP contribution is 2.25. The average molecular weight is 237 g/mol. The van der Waals surface area contributed by atoms with Crippen LogP contribution in [0, 0.1) is 0 Å². The Morgan fingerprint density at radius 3 is 3.12 bits per heavy atom. The first-order chi connectivity index (χ1) is 7.81. The summed E-state index contributed by atoms with van der Waals surface area (Å²) >= 11 is 1.91. The van der Waals surface area contributed by atoms with Gasteiger partial charge in [0.25, 0.3) is 0 Å². The van der Waals surface area contributed by atoms with E-state index in [1.807, 2.05) is 11.8 Å². The lowest BCUT2D eigenvalue weighted by molar-refractivity contribution is 0.846. The number of thioether (sulfide) groups is 1. The molecule has 1 unspecified atom stereocenters. The fourth-order valence-electron chi connectivity index (χ4n) is 2.02. The molecule has 88 valence electrons. The Morgan fingerprint density at radius 2 is 2.31 bits per heavy atom. The van der Waals surface area contributed by atoms with E-state index in [1.165, 1.54) is 24.1 Å². The van der Waals surface area contributed by atoms with E-state index in [-0.39, 0.29) is 0 Å². The van der Waals surface area contributed by atoms with Crippen molar-refractivity contribution in [2.45, 2.75) is 37.9 Å². The summed E-state index contributed by atoms with van der Waals surface area (Å²) in [6.07, 6.45) is 8.51. The molecule has 0 amide bonds. The van der Waals surface area contributed by atoms with Crippen LogP contribution in [0.3, 0.4) is 0 Å². The van der Waals surface area contributed by atoms with E-state index in [9.17, 15) is 0 Å². The third kappa shape index (κ3) is 2.67. The molecule has 3 nitrogen and oxygen atoms in total. The first-order valence-electron chi connectivity index (χ1n) is 5.90. The molecule has 0 aromatic carbocycles. The van der Waals surface area contributed by atoms with Gasteiger partial charge in [-0.3, -0.25) is 0 Å². The van der Waals surface area contributed by atoms with Gasteiger partial charge in [-0.05, 0) is 31.9 Å². The van der Waals surface area contributed by atoms with Crippen LogP contribution in [-0.2, 0) is 12.8 Å². The highest BCUT2D eigenvalue weighted by molar-refractivity contribution is 7.99. The molecule has 16 heavy (non-hydrogen) atoms. The molecule has 1 heterocycles. The maximum absolute atomic E-state index is 4.34. The van der Waals surface area contributed by atoms with Gasteiger partial charge >= 0.3 is 0 Å². The van der Waals surface area contributed by atoms with E-state index in [4.69, 9.17) is 0 Å². The average Bonchev–Trinajstić information content (AvgIpc) is 2.77. The predicted molar refractivity (Wildman–Crippen MR) is 70.1 cm³/mol. The van der Waals surface area contributed by atoms with Crippen LogP contribution in [0.5, 0.6) is 0 Å². The third-order valence-corrected chi connectivity index (χ3v) is 4.16. The minimum absolute atomic E-state index is 0.711. The fourth-order valence-corrected chi connectivity index (χ4v) is 2.38. The molecule has 0 bridgehead atoms. The molecule has 1 N–H and O–H groups in total. The van der Waals surface area contributed by atoms with Crippen LogP contribution in [0.4, 0.5) is 5.82 Å². The van der Waals surface area contributed by atoms with Crippen molar-refractivity contribution in [2.24, 2.45) is 0 Å². The SMILES string of the molecule is CSC(C)CCNc1ncnc2c1CCC2. The van der Waals surface area contributed by atoms with Gasteiger partial charge in [-0.2, -0.15) is 11.8 Å². The molecule has 4 heteroatoms. The van der Waals surface area contributed by atoms with Crippen molar-refractivity contribution >= 4 is 17.6 Å². The standard InChI is InChI=1S/C12H19N3S/c1-9(16-2)6-7-13-12-10-4-3-5-11(10)14-8-15-12/h8-9H,3-7H2,1-2H3,(H,13,14,15). The first kappa shape index (κ1) is 11.7. The predicted octanol–water partition coefficient (Wildman–Crippen LogP) is 2.52. The van der Waals surface area contributed by atoms with Gasteiger partial charge in [0, 0.05) is 23.1 Å². The topological polar surface area (TPSA) is 37.8 Å². The molecule has 0 saturated heterocycles. The van der Waals surface area contributed by atoms with Crippen molar-refractivity contribution in [1.82, 2.24) is 9.97 Å². The number of anilines is 1. The van der Waals surface area contributed by atoms with Crippen LogP contribution in [0.15, 0.2) is 6.33 Å². The van der Waals surface area contributed by atoms with Gasteiger partial charge in [0.05, 0.1) is 0 Å². The van der Waals surface area contributed by atoms with Gasteiger partial charge in [0.15, 0.2) is 0 Å². The van der Waals surface area contributed by atoms with E-state index in [2.05, 4.69) is 28.5 Å². The zero-order valence-corrected chi connectivity index (χ0v) is 10.8. The van der Waals surface area contributed by atoms with E-state index in [0.29, 0.717) is 5.25 Å². The summed E-state index contributed by atoms with van der Waals surface area (Å²) in [5.74, 6) is 1.07. The van der Waals surface area contributed by atoms with Crippen LogP contribution in [0.2, 0.25) is 0 Å². The lowest BCUT2D eigenvalue weighted by atomic mass is 10.2. The molecule has 2 rings (SSSR count). The van der Waals surface area contributed by atoms with Gasteiger partial charge in [0.1, 0.15) is 12.1 Å². The van der Waals surface area contributed by atoms with E-state index in [1.54, 1.807) is 6.33 Å². The largest absolute Gasteiger partial charge is 0.370 e. The Morgan fingerprint density at radius 1 is 1.44 bits per heavy atom. The minimum Gasteiger partial charge on any atom is -0.370 e. The number of aromatic nitrogens is 2. The van der Waals surface area contributed by atoms with Crippen molar-refractivity contribution in [3.8, 4) is 0 Å². The normalized spacial score (nSPS) is 15.9. The van der Waals surface area contributed by atoms with E-state index in [0.717, 1.165) is 25.2 Å². The highest BCUT2D eigenvalue weighted by Gasteiger charge is 2.16. The van der Waals surface area contributed by atoms with Gasteiger partial charge in [0.2, 0.25) is 0 Å². The molecule has 1 aliphatic carbocycles. The van der Waals surface area contributed by atoms with Gasteiger partial charge in [-0.15, -0.1) is 0 Å². The zero-order chi connectivity index (χ0) is 11.4. The molecular formula is C12H19N3S. The molecule has 0 spiro atoms. The second-order valence-corrected chi connectivity index (χ2v) is 5.54. The third-order valence-electron chi connectivity index (χ3n) is 3.12. The van der Waals surface area contributed by atoms with E-state index >= 15 is 0 Å². The molecule has 1 atom stereocenters. The van der Waals surface area contributed by atoms with Gasteiger partial charge < -0.3 is 5.32 Å². The molecule has 0 fully saturated rings. The Labute approximate surface area is 101 Å². The smallest absolute Gasteiger partial charge is 0.132 e. The summed E-state index contributed by atoms with van der Waals surface area (Å²) in [5, 5.41) is 4.16. The van der Waals surface area contributed by atoms with Crippen molar-refractivity contribution < 1.29 is 0 Å². The monoisotopic (exact) mass is 237 g/mol. The molecular weight excluding hydrogens is 218 g/mol. The Hall–Kier alpha value is -0.770. The lowest BCUT2D eigenvalue weighted by Crippen LogP contribution is -2.10. The molecule has 0 radical (unpaired) electrons. The van der Waals surface area contributed by atoms with Crippen LogP contribution < -0.4 is 5.32 Å². The summed E-state index contributed by atoms with van der Waals surface area (Å²) in [5.41, 5.74) is 2.59. The summed E-state index contributed by atoms with van der Waals surface area (Å²) in [6, 6.07) is 0. The Bertz CT molecular complexity index is 354. The van der Waals surface area contributed by atoms with E-state index < -0.39 is 0 Å².